The largest absolute Gasteiger partial charge is 0.618 e. The first-order chi connectivity index (χ1) is 9.65. The molecule has 0 bridgehead atoms. The van der Waals surface area contributed by atoms with Crippen molar-refractivity contribution < 1.29 is 9.44 Å². The molecule has 0 aromatic heterocycles. The van der Waals surface area contributed by atoms with Crippen molar-refractivity contribution in [2.24, 2.45) is 0 Å². The standard InChI is InChI=1S/C15H19BrN2O2/c16-9-4-5-10-17-11-6-12-18(20,15(17)19)13-14-7-2-1-3-8-14/h1-3,6-8,12H,4-5,9-11,13H2. The Labute approximate surface area is 128 Å². The number of alkyl halides is 1. The molecule has 0 N–H and O–H groups in total. The highest BCUT2D eigenvalue weighted by atomic mass is 79.9. The van der Waals surface area contributed by atoms with E-state index in [1.54, 1.807) is 11.0 Å². The molecule has 0 saturated heterocycles. The molecular formula is C15H19BrN2O2. The fourth-order valence-corrected chi connectivity index (χ4v) is 2.68. The number of unbranched alkanes of at least 4 members (excludes halogenated alkanes) is 1. The number of quaternary nitrogens is 1. The summed E-state index contributed by atoms with van der Waals surface area (Å²) in [6.07, 6.45) is 5.18. The summed E-state index contributed by atoms with van der Waals surface area (Å²) >= 11 is 3.37. The third-order valence-electron chi connectivity index (χ3n) is 3.34. The van der Waals surface area contributed by atoms with Crippen molar-refractivity contribution in [1.29, 1.82) is 0 Å². The predicted molar refractivity (Wildman–Crippen MR) is 82.9 cm³/mol. The van der Waals surface area contributed by atoms with E-state index in [4.69, 9.17) is 0 Å². The number of amides is 2. The molecule has 0 fully saturated rings. The van der Waals surface area contributed by atoms with Gasteiger partial charge in [-0.2, -0.15) is 0 Å². The average molecular weight is 339 g/mol. The van der Waals surface area contributed by atoms with Crippen molar-refractivity contribution in [3.05, 3.63) is 53.4 Å². The second-order valence-corrected chi connectivity index (χ2v) is 5.74. The van der Waals surface area contributed by atoms with Gasteiger partial charge in [0, 0.05) is 24.0 Å². The van der Waals surface area contributed by atoms with Crippen molar-refractivity contribution in [1.82, 2.24) is 4.90 Å². The molecule has 0 radical (unpaired) electrons. The van der Waals surface area contributed by atoms with Crippen LogP contribution in [0.25, 0.3) is 0 Å². The van der Waals surface area contributed by atoms with Crippen LogP contribution in [0, 0.1) is 5.21 Å². The summed E-state index contributed by atoms with van der Waals surface area (Å²) in [5.41, 5.74) is 0.878. The Bertz CT molecular complexity index is 478. The molecule has 1 aromatic rings. The Hall–Kier alpha value is -1.17. The van der Waals surface area contributed by atoms with Crippen LogP contribution in [0.2, 0.25) is 0 Å². The Morgan fingerprint density at radius 1 is 1.25 bits per heavy atom. The summed E-state index contributed by atoms with van der Waals surface area (Å²) in [5, 5.41) is 13.6. The molecule has 20 heavy (non-hydrogen) atoms. The molecule has 108 valence electrons. The zero-order chi connectivity index (χ0) is 14.4. The molecular weight excluding hydrogens is 320 g/mol. The van der Waals surface area contributed by atoms with Crippen molar-refractivity contribution >= 4 is 22.0 Å². The number of urea groups is 1. The van der Waals surface area contributed by atoms with Crippen LogP contribution in [0.1, 0.15) is 18.4 Å². The van der Waals surface area contributed by atoms with Crippen molar-refractivity contribution in [2.75, 3.05) is 18.4 Å². The second-order valence-electron chi connectivity index (χ2n) is 4.95. The Morgan fingerprint density at radius 3 is 2.70 bits per heavy atom. The van der Waals surface area contributed by atoms with Crippen LogP contribution < -0.4 is 0 Å². The van der Waals surface area contributed by atoms with Crippen LogP contribution >= 0.6 is 15.9 Å². The highest BCUT2D eigenvalue weighted by molar-refractivity contribution is 9.09. The van der Waals surface area contributed by atoms with E-state index in [1.807, 2.05) is 30.3 Å². The molecule has 0 aliphatic carbocycles. The number of halogens is 1. The van der Waals surface area contributed by atoms with E-state index in [2.05, 4.69) is 15.9 Å². The van der Waals surface area contributed by atoms with Crippen molar-refractivity contribution in [3.8, 4) is 0 Å². The maximum absolute atomic E-state index is 12.7. The number of hydrogen-bond acceptors (Lipinski definition) is 2. The molecule has 2 rings (SSSR count). The van der Waals surface area contributed by atoms with Gasteiger partial charge < -0.3 is 5.21 Å². The van der Waals surface area contributed by atoms with Gasteiger partial charge in [-0.1, -0.05) is 46.3 Å². The van der Waals surface area contributed by atoms with Gasteiger partial charge in [-0.15, -0.1) is 0 Å². The molecule has 4 nitrogen and oxygen atoms in total. The monoisotopic (exact) mass is 338 g/mol. The molecule has 5 heteroatoms. The molecule has 1 aliphatic rings. The molecule has 1 unspecified atom stereocenters. The summed E-state index contributed by atoms with van der Waals surface area (Å²) in [7, 11) is 0. The third kappa shape index (κ3) is 3.69. The SMILES string of the molecule is O=C1N(CCCCBr)CC=C[N+]1([O-])Cc1ccccc1. The first kappa shape index (κ1) is 15.2. The lowest BCUT2D eigenvalue weighted by molar-refractivity contribution is -0.764. The van der Waals surface area contributed by atoms with Crippen LogP contribution in [-0.4, -0.2) is 34.0 Å². The molecule has 2 amide bonds. The fraction of sp³-hybridized carbons (Fsp3) is 0.400. The van der Waals surface area contributed by atoms with E-state index in [0.29, 0.717) is 13.1 Å². The Kier molecular flexibility index (Phi) is 5.34. The van der Waals surface area contributed by atoms with Gasteiger partial charge in [-0.3, -0.25) is 4.90 Å². The minimum absolute atomic E-state index is 0.158. The summed E-state index contributed by atoms with van der Waals surface area (Å²) in [4.78, 5) is 14.0. The zero-order valence-electron chi connectivity index (χ0n) is 11.4. The molecule has 1 aromatic carbocycles. The molecule has 1 atom stereocenters. The number of rotatable bonds is 6. The molecule has 0 spiro atoms. The summed E-state index contributed by atoms with van der Waals surface area (Å²) in [6, 6.07) is 9.07. The van der Waals surface area contributed by atoms with Crippen molar-refractivity contribution in [2.45, 2.75) is 19.4 Å². The first-order valence-corrected chi connectivity index (χ1v) is 7.94. The second kappa shape index (κ2) is 7.02. The van der Waals surface area contributed by atoms with Gasteiger partial charge in [0.1, 0.15) is 12.7 Å². The summed E-state index contributed by atoms with van der Waals surface area (Å²) in [6.45, 7) is 1.34. The van der Waals surface area contributed by atoms with Gasteiger partial charge in [0.05, 0.1) is 0 Å². The van der Waals surface area contributed by atoms with Gasteiger partial charge in [0.2, 0.25) is 0 Å². The molecule has 1 heterocycles. The maximum Gasteiger partial charge on any atom is 0.424 e. The number of carbonyl (C=O) groups excluding carboxylic acids is 1. The van der Waals surface area contributed by atoms with Gasteiger partial charge in [-0.05, 0) is 18.9 Å². The maximum atomic E-state index is 12.7. The minimum Gasteiger partial charge on any atom is -0.618 e. The minimum atomic E-state index is -0.918. The van der Waals surface area contributed by atoms with Crippen LogP contribution in [0.15, 0.2) is 42.6 Å². The lowest BCUT2D eigenvalue weighted by Crippen LogP contribution is -2.53. The molecule has 0 saturated carbocycles. The Balaban J connectivity index is 2.05. The lowest BCUT2D eigenvalue weighted by atomic mass is 10.2. The first-order valence-electron chi connectivity index (χ1n) is 6.81. The summed E-state index contributed by atoms with van der Waals surface area (Å²) in [5.74, 6) is 0. The normalized spacial score (nSPS) is 22.3. The highest BCUT2D eigenvalue weighted by Crippen LogP contribution is 2.21. The number of benzene rings is 1. The lowest BCUT2D eigenvalue weighted by Gasteiger charge is -2.41. The van der Waals surface area contributed by atoms with Gasteiger partial charge in [0.25, 0.3) is 0 Å². The number of hydroxylamine groups is 3. The topological polar surface area (TPSA) is 43.4 Å². The fourth-order valence-electron chi connectivity index (χ4n) is 2.28. The van der Waals surface area contributed by atoms with Gasteiger partial charge in [0.15, 0.2) is 0 Å². The Morgan fingerprint density at radius 2 is 2.00 bits per heavy atom. The van der Waals surface area contributed by atoms with E-state index in [-0.39, 0.29) is 12.6 Å². The van der Waals surface area contributed by atoms with Crippen LogP contribution in [0.4, 0.5) is 4.79 Å². The summed E-state index contributed by atoms with van der Waals surface area (Å²) < 4.78 is -0.918. The van der Waals surface area contributed by atoms with E-state index in [1.165, 1.54) is 6.20 Å². The van der Waals surface area contributed by atoms with Crippen LogP contribution in [0.3, 0.4) is 0 Å². The number of nitrogens with zero attached hydrogens (tertiary/aromatic N) is 2. The van der Waals surface area contributed by atoms with Gasteiger partial charge >= 0.3 is 6.03 Å². The smallest absolute Gasteiger partial charge is 0.424 e. The average Bonchev–Trinajstić information content (AvgIpc) is 2.45. The van der Waals surface area contributed by atoms with E-state index >= 15 is 0 Å². The van der Waals surface area contributed by atoms with E-state index < -0.39 is 4.65 Å². The predicted octanol–water partition coefficient (Wildman–Crippen LogP) is 3.63. The van der Waals surface area contributed by atoms with E-state index in [9.17, 15) is 10.0 Å². The van der Waals surface area contributed by atoms with Crippen LogP contribution in [-0.2, 0) is 6.54 Å². The highest BCUT2D eigenvalue weighted by Gasteiger charge is 2.33. The zero-order valence-corrected chi connectivity index (χ0v) is 13.0. The number of hydrogen-bond donors (Lipinski definition) is 0. The third-order valence-corrected chi connectivity index (χ3v) is 3.90. The molecule has 1 aliphatic heterocycles. The number of carbonyl (C=O) groups is 1. The van der Waals surface area contributed by atoms with E-state index in [0.717, 1.165) is 23.7 Å². The quantitative estimate of drug-likeness (QED) is 0.344. The van der Waals surface area contributed by atoms with Crippen molar-refractivity contribution in [3.63, 3.8) is 0 Å². The van der Waals surface area contributed by atoms with Crippen LogP contribution in [0.5, 0.6) is 0 Å². The van der Waals surface area contributed by atoms with Gasteiger partial charge in [-0.25, -0.2) is 9.44 Å².